The third-order valence-electron chi connectivity index (χ3n) is 2.28. The van der Waals surface area contributed by atoms with Crippen LogP contribution < -0.4 is 0 Å². The summed E-state index contributed by atoms with van der Waals surface area (Å²) >= 11 is 6.98. The Labute approximate surface area is 106 Å². The molecule has 1 heterocycles. The predicted molar refractivity (Wildman–Crippen MR) is 68.6 cm³/mol. The largest absolute Gasteiger partial charge is 0.304 e. The molecule has 0 aliphatic heterocycles. The molecule has 15 heavy (non-hydrogen) atoms. The summed E-state index contributed by atoms with van der Waals surface area (Å²) in [5.41, 5.74) is 2.41. The molecule has 0 aliphatic rings. The zero-order valence-electron chi connectivity index (χ0n) is 8.24. The summed E-state index contributed by atoms with van der Waals surface area (Å²) in [6, 6.07) is 6.26. The van der Waals surface area contributed by atoms with Crippen LogP contribution in [0.1, 0.15) is 11.4 Å². The van der Waals surface area contributed by atoms with Gasteiger partial charge < -0.3 is 4.57 Å². The average molecular weight is 330 g/mol. The number of aryl methyl sites for hydroxylation is 1. The Morgan fingerprint density at radius 2 is 2.20 bits per heavy atom. The van der Waals surface area contributed by atoms with Crippen LogP contribution in [0.15, 0.2) is 35.1 Å². The summed E-state index contributed by atoms with van der Waals surface area (Å²) < 4.78 is 3.16. The predicted octanol–water partition coefficient (Wildman–Crippen LogP) is 3.84. The maximum atomic E-state index is 4.23. The van der Waals surface area contributed by atoms with Crippen molar-refractivity contribution in [2.75, 3.05) is 0 Å². The molecule has 0 N–H and O–H groups in total. The van der Waals surface area contributed by atoms with E-state index in [4.69, 9.17) is 0 Å². The number of hydrogen-bond acceptors (Lipinski definition) is 1. The third-order valence-corrected chi connectivity index (χ3v) is 3.37. The molecule has 0 bridgehead atoms. The number of nitrogens with zero attached hydrogens (tertiary/aromatic N) is 2. The SMILES string of the molecule is Cc1nccn1-c1cc(Br)ccc1CBr. The third kappa shape index (κ3) is 2.16. The van der Waals surface area contributed by atoms with E-state index in [-0.39, 0.29) is 0 Å². The first-order chi connectivity index (χ1) is 7.22. The van der Waals surface area contributed by atoms with Gasteiger partial charge in [-0.2, -0.15) is 0 Å². The highest BCUT2D eigenvalue weighted by Gasteiger charge is 2.06. The molecule has 0 spiro atoms. The van der Waals surface area contributed by atoms with Crippen molar-refractivity contribution in [3.8, 4) is 5.69 Å². The molecule has 0 amide bonds. The smallest absolute Gasteiger partial charge is 0.110 e. The average Bonchev–Trinajstić information content (AvgIpc) is 2.64. The molecule has 0 fully saturated rings. The van der Waals surface area contributed by atoms with Crippen LogP contribution in [0.2, 0.25) is 0 Å². The van der Waals surface area contributed by atoms with E-state index in [1.165, 1.54) is 5.56 Å². The second kappa shape index (κ2) is 4.49. The minimum atomic E-state index is 0.841. The van der Waals surface area contributed by atoms with E-state index in [1.54, 1.807) is 0 Å². The Kier molecular flexibility index (Phi) is 3.26. The molecule has 1 aromatic carbocycles. The Balaban J connectivity index is 2.60. The van der Waals surface area contributed by atoms with E-state index in [9.17, 15) is 0 Å². The number of hydrogen-bond donors (Lipinski definition) is 0. The summed E-state index contributed by atoms with van der Waals surface area (Å²) in [4.78, 5) is 4.23. The fourth-order valence-corrected chi connectivity index (χ4v) is 2.33. The summed E-state index contributed by atoms with van der Waals surface area (Å²) in [6.45, 7) is 2.00. The highest BCUT2D eigenvalue weighted by molar-refractivity contribution is 9.10. The van der Waals surface area contributed by atoms with Gasteiger partial charge in [-0.05, 0) is 24.6 Å². The van der Waals surface area contributed by atoms with Crippen molar-refractivity contribution in [1.82, 2.24) is 9.55 Å². The summed E-state index contributed by atoms with van der Waals surface area (Å²) in [5, 5.41) is 0.841. The summed E-state index contributed by atoms with van der Waals surface area (Å²) in [6.07, 6.45) is 3.79. The number of alkyl halides is 1. The van der Waals surface area contributed by atoms with Gasteiger partial charge >= 0.3 is 0 Å². The van der Waals surface area contributed by atoms with Crippen LogP contribution in [0.3, 0.4) is 0 Å². The summed E-state index contributed by atoms with van der Waals surface area (Å²) in [5.74, 6) is 0.996. The van der Waals surface area contributed by atoms with Crippen LogP contribution in [0.25, 0.3) is 5.69 Å². The van der Waals surface area contributed by atoms with E-state index in [1.807, 2.05) is 25.4 Å². The van der Waals surface area contributed by atoms with Gasteiger partial charge in [0.05, 0.1) is 5.69 Å². The molecular formula is C11H10Br2N2. The first-order valence-corrected chi connectivity index (χ1v) is 6.48. The van der Waals surface area contributed by atoms with E-state index >= 15 is 0 Å². The Hall–Kier alpha value is -0.610. The number of rotatable bonds is 2. The van der Waals surface area contributed by atoms with Gasteiger partial charge in [-0.25, -0.2) is 4.98 Å². The highest BCUT2D eigenvalue weighted by Crippen LogP contribution is 2.23. The molecule has 0 saturated heterocycles. The quantitative estimate of drug-likeness (QED) is 0.765. The number of benzene rings is 1. The van der Waals surface area contributed by atoms with Gasteiger partial charge in [0.1, 0.15) is 5.82 Å². The van der Waals surface area contributed by atoms with E-state index < -0.39 is 0 Å². The molecule has 2 rings (SSSR count). The molecule has 0 unspecified atom stereocenters. The molecule has 0 aliphatic carbocycles. The number of aromatic nitrogens is 2. The molecule has 0 atom stereocenters. The van der Waals surface area contributed by atoms with Crippen LogP contribution in [0.4, 0.5) is 0 Å². The van der Waals surface area contributed by atoms with Crippen molar-refractivity contribution in [1.29, 1.82) is 0 Å². The molecule has 2 aromatic rings. The first kappa shape index (κ1) is 10.9. The first-order valence-electron chi connectivity index (χ1n) is 4.57. The standard InChI is InChI=1S/C11H10Br2N2/c1-8-14-4-5-15(8)11-6-10(13)3-2-9(11)7-12/h2-6H,7H2,1H3. The van der Waals surface area contributed by atoms with Gasteiger partial charge in [0.2, 0.25) is 0 Å². The molecule has 1 aromatic heterocycles. The van der Waals surface area contributed by atoms with Crippen LogP contribution in [0.5, 0.6) is 0 Å². The second-order valence-electron chi connectivity index (χ2n) is 3.25. The van der Waals surface area contributed by atoms with Crippen molar-refractivity contribution < 1.29 is 0 Å². The molecule has 0 saturated carbocycles. The van der Waals surface area contributed by atoms with Crippen LogP contribution in [0, 0.1) is 6.92 Å². The number of halogens is 2. The zero-order valence-corrected chi connectivity index (χ0v) is 11.4. The van der Waals surface area contributed by atoms with Crippen LogP contribution in [-0.4, -0.2) is 9.55 Å². The van der Waals surface area contributed by atoms with E-state index in [2.05, 4.69) is 53.5 Å². The Morgan fingerprint density at radius 3 is 2.80 bits per heavy atom. The molecule has 4 heteroatoms. The maximum Gasteiger partial charge on any atom is 0.110 e. The fraction of sp³-hybridized carbons (Fsp3) is 0.182. The Bertz CT molecular complexity index is 477. The zero-order chi connectivity index (χ0) is 10.8. The lowest BCUT2D eigenvalue weighted by Gasteiger charge is -2.10. The molecule has 78 valence electrons. The van der Waals surface area contributed by atoms with E-state index in [0.29, 0.717) is 0 Å². The van der Waals surface area contributed by atoms with Crippen molar-refractivity contribution in [2.45, 2.75) is 12.3 Å². The normalized spacial score (nSPS) is 10.6. The second-order valence-corrected chi connectivity index (χ2v) is 4.73. The molecule has 2 nitrogen and oxygen atoms in total. The Morgan fingerprint density at radius 1 is 1.40 bits per heavy atom. The van der Waals surface area contributed by atoms with Gasteiger partial charge in [0, 0.05) is 22.2 Å². The van der Waals surface area contributed by atoms with Gasteiger partial charge in [0.25, 0.3) is 0 Å². The van der Waals surface area contributed by atoms with Crippen molar-refractivity contribution in [3.05, 3.63) is 46.5 Å². The highest BCUT2D eigenvalue weighted by atomic mass is 79.9. The van der Waals surface area contributed by atoms with Crippen molar-refractivity contribution in [3.63, 3.8) is 0 Å². The van der Waals surface area contributed by atoms with Gasteiger partial charge in [-0.3, -0.25) is 0 Å². The minimum absolute atomic E-state index is 0.841. The van der Waals surface area contributed by atoms with Crippen molar-refractivity contribution >= 4 is 31.9 Å². The van der Waals surface area contributed by atoms with Crippen LogP contribution >= 0.6 is 31.9 Å². The lowest BCUT2D eigenvalue weighted by atomic mass is 10.2. The number of imidazole rings is 1. The van der Waals surface area contributed by atoms with Crippen LogP contribution in [-0.2, 0) is 5.33 Å². The van der Waals surface area contributed by atoms with Gasteiger partial charge in [-0.15, -0.1) is 0 Å². The monoisotopic (exact) mass is 328 g/mol. The van der Waals surface area contributed by atoms with Crippen molar-refractivity contribution in [2.24, 2.45) is 0 Å². The van der Waals surface area contributed by atoms with E-state index in [0.717, 1.165) is 21.3 Å². The minimum Gasteiger partial charge on any atom is -0.304 e. The lowest BCUT2D eigenvalue weighted by molar-refractivity contribution is 0.962. The molecular weight excluding hydrogens is 320 g/mol. The van der Waals surface area contributed by atoms with Gasteiger partial charge in [-0.1, -0.05) is 37.9 Å². The summed E-state index contributed by atoms with van der Waals surface area (Å²) in [7, 11) is 0. The maximum absolute atomic E-state index is 4.23. The fourth-order valence-electron chi connectivity index (χ4n) is 1.51. The topological polar surface area (TPSA) is 17.8 Å². The van der Waals surface area contributed by atoms with Gasteiger partial charge in [0.15, 0.2) is 0 Å². The molecule has 0 radical (unpaired) electrons. The lowest BCUT2D eigenvalue weighted by Crippen LogP contribution is -1.99.